The van der Waals surface area contributed by atoms with Crippen molar-refractivity contribution in [2.75, 3.05) is 0 Å². The molecule has 0 amide bonds. The summed E-state index contributed by atoms with van der Waals surface area (Å²) < 4.78 is 37.1. The Morgan fingerprint density at radius 1 is 1.19 bits per heavy atom. The molecule has 92 valence electrons. The van der Waals surface area contributed by atoms with Gasteiger partial charge in [-0.05, 0) is 0 Å². The van der Waals surface area contributed by atoms with Gasteiger partial charge in [-0.25, -0.2) is 0 Å². The molecule has 0 aromatic heterocycles. The van der Waals surface area contributed by atoms with Gasteiger partial charge in [0.2, 0.25) is 0 Å². The Kier molecular flexibility index (Phi) is 3.99. The van der Waals surface area contributed by atoms with Crippen molar-refractivity contribution in [1.82, 2.24) is 0 Å². The van der Waals surface area contributed by atoms with E-state index < -0.39 is 11.7 Å². The Bertz CT molecular complexity index is 343. The van der Waals surface area contributed by atoms with Crippen molar-refractivity contribution < 1.29 is 13.2 Å². The average Bonchev–Trinajstić information content (AvgIpc) is 2.05. The smallest absolute Gasteiger partial charge is 0.189 e. The first-order chi connectivity index (χ1) is 6.80. The van der Waals surface area contributed by atoms with Crippen LogP contribution in [0.15, 0.2) is 18.2 Å². The van der Waals surface area contributed by atoms with Crippen LogP contribution in [0.1, 0.15) is 30.5 Å². The zero-order valence-electron chi connectivity index (χ0n) is 9.37. The van der Waals surface area contributed by atoms with Gasteiger partial charge >= 0.3 is 6.18 Å². The van der Waals surface area contributed by atoms with E-state index in [1.54, 1.807) is 6.92 Å². The van der Waals surface area contributed by atoms with Crippen LogP contribution in [0.4, 0.5) is 13.2 Å². The van der Waals surface area contributed by atoms with Crippen molar-refractivity contribution in [3.63, 3.8) is 0 Å². The summed E-state index contributed by atoms with van der Waals surface area (Å²) in [6.07, 6.45) is -2.30. The molecular weight excluding hydrogens is 448 g/mol. The molecule has 0 nitrogen and oxygen atoms in total. The van der Waals surface area contributed by atoms with Crippen molar-refractivity contribution in [1.29, 1.82) is 0 Å². The average molecular weight is 462 g/mol. The van der Waals surface area contributed by atoms with Crippen LogP contribution >= 0.6 is 0 Å². The fraction of sp³-hybridized carbons (Fsp3) is 0.417. The molecule has 0 aliphatic heterocycles. The van der Waals surface area contributed by atoms with Gasteiger partial charge in [-0.3, -0.25) is 0 Å². The Morgan fingerprint density at radius 3 is 2.12 bits per heavy atom. The van der Waals surface area contributed by atoms with Crippen molar-refractivity contribution in [2.24, 2.45) is 5.92 Å². The minimum absolute atomic E-state index is 0. The topological polar surface area (TPSA) is 0 Å². The molecule has 1 aromatic carbocycles. The van der Waals surface area contributed by atoms with Gasteiger partial charge in [0.05, 0.1) is 0 Å². The maximum atomic E-state index is 12.4. The van der Waals surface area contributed by atoms with E-state index in [0.717, 1.165) is 11.6 Å². The van der Waals surface area contributed by atoms with E-state index in [4.69, 9.17) is 0 Å². The molecule has 1 aromatic rings. The first-order valence-corrected chi connectivity index (χ1v) is 4.83. The van der Waals surface area contributed by atoms with Crippen LogP contribution in [0.3, 0.4) is 0 Å². The van der Waals surface area contributed by atoms with Gasteiger partial charge in [-0.15, -0.1) is 12.1 Å². The van der Waals surface area contributed by atoms with Gasteiger partial charge in [0.15, 0.2) is 0 Å². The number of aryl methyl sites for hydroxylation is 1. The number of hydrogen-bond acceptors (Lipinski definition) is 0. The molecule has 0 unspecified atom stereocenters. The van der Waals surface area contributed by atoms with Gasteiger partial charge in [-0.1, -0.05) is 26.7 Å². The molecule has 0 fully saturated rings. The Labute approximate surface area is 88.1 Å². The summed E-state index contributed by atoms with van der Waals surface area (Å²) in [4.78, 5) is 0. The third kappa shape index (κ3) is 3.23. The zero-order valence-corrected chi connectivity index (χ0v) is 12.3. The molecule has 4 heteroatoms. The normalized spacial score (nSPS) is 11.2. The summed E-state index contributed by atoms with van der Waals surface area (Å²) in [5.74, 6) is 0.334. The second-order valence-electron chi connectivity index (χ2n) is 3.98. The molecule has 0 aliphatic rings. The molecule has 16 heavy (non-hydrogen) atoms. The van der Waals surface area contributed by atoms with Crippen molar-refractivity contribution >= 4 is 0 Å². The summed E-state index contributed by atoms with van der Waals surface area (Å²) in [6.45, 7) is 5.69. The molecule has 0 saturated carbocycles. The summed E-state index contributed by atoms with van der Waals surface area (Å²) >= 11 is 0. The molecule has 0 heterocycles. The maximum Gasteiger partial charge on any atom is 0.414 e. The van der Waals surface area contributed by atoms with Gasteiger partial charge < -0.3 is 0 Å². The van der Waals surface area contributed by atoms with Crippen LogP contribution in [0.25, 0.3) is 0 Å². The minimum Gasteiger partial charge on any atom is -0.189 e. The van der Waals surface area contributed by atoms with Crippen molar-refractivity contribution in [3.05, 3.63) is 41.3 Å². The van der Waals surface area contributed by atoms with Crippen LogP contribution in [0, 0.1) is 19.3 Å². The second-order valence-corrected chi connectivity index (χ2v) is 3.98. The van der Waals surface area contributed by atoms with Crippen LogP contribution < -0.4 is 0 Å². The molecular formula is C12H14CmF3-. The molecule has 0 N–H and O–H groups in total. The van der Waals surface area contributed by atoms with Crippen molar-refractivity contribution in [2.45, 2.75) is 26.9 Å². The second kappa shape index (κ2) is 4.60. The summed E-state index contributed by atoms with van der Waals surface area (Å²) in [6, 6.07) is 3.84. The number of rotatable bonds is 2. The molecule has 0 aliphatic carbocycles. The van der Waals surface area contributed by atoms with E-state index >= 15 is 0 Å². The minimum atomic E-state index is -4.25. The molecule has 0 bridgehead atoms. The maximum absolute atomic E-state index is 12.4. The fourth-order valence-electron chi connectivity index (χ4n) is 1.40. The monoisotopic (exact) mass is 458 g/mol. The van der Waals surface area contributed by atoms with Crippen LogP contribution in [-0.4, -0.2) is 0 Å². The molecule has 0 saturated heterocycles. The van der Waals surface area contributed by atoms with Crippen LogP contribution in [-0.2, 0) is 6.18 Å². The van der Waals surface area contributed by atoms with Crippen molar-refractivity contribution in [3.8, 4) is 0 Å². The predicted octanol–water partition coefficient (Wildman–Crippen LogP) is 4.22. The first-order valence-electron chi connectivity index (χ1n) is 4.83. The van der Waals surface area contributed by atoms with Crippen LogP contribution in [0.5, 0.6) is 0 Å². The zero-order chi connectivity index (χ0) is 11.6. The largest absolute Gasteiger partial charge is 0.414 e. The third-order valence-corrected chi connectivity index (χ3v) is 2.11. The Morgan fingerprint density at radius 2 is 1.75 bits per heavy atom. The van der Waals surface area contributed by atoms with Gasteiger partial charge in [0.25, 0.3) is 0 Å². The van der Waals surface area contributed by atoms with Gasteiger partial charge in [0.1, 0.15) is 0 Å². The number of halogens is 3. The molecule has 0 atom stereocenters. The summed E-state index contributed by atoms with van der Waals surface area (Å²) in [5, 5.41) is 0. The number of alkyl halides is 3. The molecule has 0 spiro atoms. The Balaban J connectivity index is 0.00000225. The number of benzene rings is 1. The van der Waals surface area contributed by atoms with E-state index in [0.29, 0.717) is 11.5 Å². The van der Waals surface area contributed by atoms with E-state index in [9.17, 15) is 13.2 Å². The van der Waals surface area contributed by atoms with Gasteiger partial charge in [-0.2, -0.15) is 36.8 Å². The van der Waals surface area contributed by atoms with E-state index in [1.165, 1.54) is 12.1 Å². The summed E-state index contributed by atoms with van der Waals surface area (Å²) in [7, 11) is 0. The quantitative estimate of drug-likeness (QED) is 0.578. The van der Waals surface area contributed by atoms with E-state index in [1.807, 2.05) is 20.3 Å². The van der Waals surface area contributed by atoms with Gasteiger partial charge in [0, 0.05) is 5.56 Å². The SMILES string of the molecule is Cc1cc(C(F)(F)F)ccc1[CH-]C(C)C.[Cm]. The first kappa shape index (κ1) is 13.9. The molecule has 1 rings (SSSR count). The fourth-order valence-corrected chi connectivity index (χ4v) is 1.40. The summed E-state index contributed by atoms with van der Waals surface area (Å²) in [5.41, 5.74) is 0.956. The third-order valence-electron chi connectivity index (χ3n) is 2.11. The van der Waals surface area contributed by atoms with E-state index in [-0.39, 0.29) is 0 Å². The van der Waals surface area contributed by atoms with Crippen LogP contribution in [0.2, 0.25) is 0 Å². The molecule has 0 radical (unpaired) electrons. The Hall–Kier alpha value is -2.12. The number of hydrogen-bond donors (Lipinski definition) is 0. The standard InChI is InChI=1S/C12H14F3.Cm/c1-8(2)6-10-4-5-11(7-9(10)3)12(13,14)15;/h4-8H,1-3H3;/q-1;. The van der Waals surface area contributed by atoms with E-state index in [2.05, 4.69) is 0 Å². The predicted molar refractivity (Wildman–Crippen MR) is 54.4 cm³/mol.